The molecule has 27 heavy (non-hydrogen) atoms. The number of hydrazine groups is 1. The monoisotopic (exact) mass is 424 g/mol. The first kappa shape index (κ1) is 19.7. The normalized spacial score (nSPS) is 12.1. The lowest BCUT2D eigenvalue weighted by Crippen LogP contribution is -2.21. The number of halogens is 2. The van der Waals surface area contributed by atoms with Gasteiger partial charge in [-0.3, -0.25) is 15.6 Å². The highest BCUT2D eigenvalue weighted by atomic mass is 35.5. The van der Waals surface area contributed by atoms with Gasteiger partial charge < -0.3 is 10.4 Å². The fourth-order valence-corrected chi connectivity index (χ4v) is 3.83. The Morgan fingerprint density at radius 1 is 1.19 bits per heavy atom. The molecule has 3 aromatic rings. The van der Waals surface area contributed by atoms with Crippen LogP contribution in [0.15, 0.2) is 36.4 Å². The average molecular weight is 425 g/mol. The van der Waals surface area contributed by atoms with E-state index in [0.717, 1.165) is 21.5 Å². The molecule has 0 aliphatic rings. The van der Waals surface area contributed by atoms with Crippen molar-refractivity contribution in [2.75, 3.05) is 17.4 Å². The molecule has 3 rings (SSSR count). The summed E-state index contributed by atoms with van der Waals surface area (Å²) in [6.07, 6.45) is 0.102. The first-order valence-electron chi connectivity index (χ1n) is 8.26. The van der Waals surface area contributed by atoms with Crippen molar-refractivity contribution in [2.45, 2.75) is 19.4 Å². The van der Waals surface area contributed by atoms with Gasteiger partial charge in [0.2, 0.25) is 5.13 Å². The van der Waals surface area contributed by atoms with E-state index >= 15 is 0 Å². The summed E-state index contributed by atoms with van der Waals surface area (Å²) in [5.41, 5.74) is 8.91. The minimum absolute atomic E-state index is 0.0718. The number of hydrogen-bond acceptors (Lipinski definition) is 6. The summed E-state index contributed by atoms with van der Waals surface area (Å²) in [4.78, 5) is 15.0. The highest BCUT2D eigenvalue weighted by molar-refractivity contribution is 7.22. The number of aromatic nitrogens is 1. The van der Waals surface area contributed by atoms with Gasteiger partial charge in [-0.1, -0.05) is 46.7 Å². The largest absolute Gasteiger partial charge is 0.481 e. The minimum atomic E-state index is -0.807. The lowest BCUT2D eigenvalue weighted by atomic mass is 10.1. The van der Waals surface area contributed by atoms with Gasteiger partial charge in [0.15, 0.2) is 0 Å². The van der Waals surface area contributed by atoms with E-state index in [4.69, 9.17) is 28.3 Å². The molecule has 1 unspecified atom stereocenters. The molecular formula is C18H18Cl2N4O2S. The molecule has 0 fully saturated rings. The number of anilines is 2. The first-order valence-corrected chi connectivity index (χ1v) is 9.83. The Balaban J connectivity index is 1.58. The fraction of sp³-hybridized carbons (Fsp3) is 0.222. The summed E-state index contributed by atoms with van der Waals surface area (Å²) in [6, 6.07) is 11.5. The number of carboxylic acids is 1. The highest BCUT2D eigenvalue weighted by Gasteiger charge is 2.10. The first-order chi connectivity index (χ1) is 12.9. The molecule has 0 bridgehead atoms. The molecule has 0 aliphatic carbocycles. The number of rotatable bonds is 8. The van der Waals surface area contributed by atoms with Gasteiger partial charge in [0, 0.05) is 12.6 Å². The molecule has 2 aromatic carbocycles. The van der Waals surface area contributed by atoms with E-state index in [1.165, 1.54) is 11.3 Å². The minimum Gasteiger partial charge on any atom is -0.481 e. The lowest BCUT2D eigenvalue weighted by molar-refractivity contribution is -0.136. The van der Waals surface area contributed by atoms with Crippen LogP contribution in [0.5, 0.6) is 0 Å². The van der Waals surface area contributed by atoms with Crippen molar-refractivity contribution in [1.29, 1.82) is 0 Å². The van der Waals surface area contributed by atoms with Gasteiger partial charge >= 0.3 is 5.97 Å². The number of fused-ring (bicyclic) bond motifs is 1. The predicted molar refractivity (Wildman–Crippen MR) is 112 cm³/mol. The fourth-order valence-electron chi connectivity index (χ4n) is 2.48. The maximum absolute atomic E-state index is 10.6. The second kappa shape index (κ2) is 8.75. The molecule has 0 radical (unpaired) electrons. The zero-order valence-electron chi connectivity index (χ0n) is 14.4. The third kappa shape index (κ3) is 5.01. The molecule has 0 saturated heterocycles. The van der Waals surface area contributed by atoms with Crippen LogP contribution in [0, 0.1) is 0 Å². The van der Waals surface area contributed by atoms with Crippen LogP contribution in [0.1, 0.15) is 24.9 Å². The summed E-state index contributed by atoms with van der Waals surface area (Å²) in [5, 5.41) is 13.6. The molecule has 142 valence electrons. The summed E-state index contributed by atoms with van der Waals surface area (Å²) in [7, 11) is 0. The van der Waals surface area contributed by atoms with Crippen molar-refractivity contribution >= 4 is 61.5 Å². The zero-order valence-corrected chi connectivity index (χ0v) is 16.8. The molecule has 0 aliphatic heterocycles. The van der Waals surface area contributed by atoms with Gasteiger partial charge in [0.05, 0.1) is 32.4 Å². The molecule has 0 amide bonds. The van der Waals surface area contributed by atoms with E-state index < -0.39 is 5.97 Å². The van der Waals surface area contributed by atoms with Gasteiger partial charge in [0.25, 0.3) is 0 Å². The van der Waals surface area contributed by atoms with Gasteiger partial charge in [-0.2, -0.15) is 0 Å². The van der Waals surface area contributed by atoms with Crippen LogP contribution in [0.2, 0.25) is 10.0 Å². The van der Waals surface area contributed by atoms with Gasteiger partial charge in [-0.15, -0.1) is 0 Å². The topological polar surface area (TPSA) is 86.3 Å². The molecule has 6 nitrogen and oxygen atoms in total. The van der Waals surface area contributed by atoms with Crippen LogP contribution >= 0.6 is 34.5 Å². The van der Waals surface area contributed by atoms with Gasteiger partial charge in [0.1, 0.15) is 0 Å². The van der Waals surface area contributed by atoms with Crippen LogP contribution in [-0.4, -0.2) is 22.6 Å². The molecule has 0 saturated carbocycles. The van der Waals surface area contributed by atoms with Crippen molar-refractivity contribution in [3.8, 4) is 0 Å². The van der Waals surface area contributed by atoms with Crippen molar-refractivity contribution in [1.82, 2.24) is 10.3 Å². The molecule has 9 heteroatoms. The van der Waals surface area contributed by atoms with Crippen LogP contribution in [-0.2, 0) is 4.79 Å². The van der Waals surface area contributed by atoms with Crippen LogP contribution < -0.4 is 16.2 Å². The van der Waals surface area contributed by atoms with Crippen molar-refractivity contribution in [3.05, 3.63) is 52.0 Å². The summed E-state index contributed by atoms with van der Waals surface area (Å²) < 4.78 is 0.838. The number of carboxylic acid groups (broad SMARTS) is 1. The van der Waals surface area contributed by atoms with Crippen LogP contribution in [0.3, 0.4) is 0 Å². The SMILES string of the molecule is CC(NCCC(=O)O)c1ccc(NNc2nc3ccc(Cl)c(Cl)c3s2)cc1. The summed E-state index contributed by atoms with van der Waals surface area (Å²) in [6.45, 7) is 2.43. The highest BCUT2D eigenvalue weighted by Crippen LogP contribution is 2.36. The van der Waals surface area contributed by atoms with E-state index in [2.05, 4.69) is 21.2 Å². The molecular weight excluding hydrogens is 407 g/mol. The number of benzene rings is 2. The molecule has 0 spiro atoms. The van der Waals surface area contributed by atoms with Crippen molar-refractivity contribution in [3.63, 3.8) is 0 Å². The number of thiazole rings is 1. The number of nitrogens with one attached hydrogen (secondary N) is 3. The van der Waals surface area contributed by atoms with Gasteiger partial charge in [-0.25, -0.2) is 4.98 Å². The predicted octanol–water partition coefficient (Wildman–Crippen LogP) is 5.17. The van der Waals surface area contributed by atoms with E-state index in [1.807, 2.05) is 37.3 Å². The standard InChI is InChI=1S/C18H18Cl2N4O2S/c1-10(21-9-8-15(25)26)11-2-4-12(5-3-11)23-24-18-22-14-7-6-13(19)16(20)17(14)27-18/h2-7,10,21,23H,8-9H2,1H3,(H,22,24)(H,25,26). The Labute approximate surface area is 170 Å². The molecule has 1 aromatic heterocycles. The molecule has 1 atom stereocenters. The summed E-state index contributed by atoms with van der Waals surface area (Å²) >= 11 is 13.7. The Hall–Kier alpha value is -2.06. The lowest BCUT2D eigenvalue weighted by Gasteiger charge is -2.14. The maximum Gasteiger partial charge on any atom is 0.304 e. The number of aliphatic carboxylic acids is 1. The number of carbonyl (C=O) groups is 1. The zero-order chi connectivity index (χ0) is 19.4. The van der Waals surface area contributed by atoms with Gasteiger partial charge in [-0.05, 0) is 36.8 Å². The smallest absolute Gasteiger partial charge is 0.304 e. The Bertz CT molecular complexity index is 946. The average Bonchev–Trinajstić information content (AvgIpc) is 3.07. The molecule has 4 N–H and O–H groups in total. The number of nitrogens with zero attached hydrogens (tertiary/aromatic N) is 1. The Kier molecular flexibility index (Phi) is 6.38. The quantitative estimate of drug-likeness (QED) is 0.373. The van der Waals surface area contributed by atoms with E-state index in [-0.39, 0.29) is 12.5 Å². The third-order valence-corrected chi connectivity index (χ3v) is 5.88. The van der Waals surface area contributed by atoms with E-state index in [9.17, 15) is 4.79 Å². The van der Waals surface area contributed by atoms with E-state index in [1.54, 1.807) is 6.07 Å². The van der Waals surface area contributed by atoms with Crippen molar-refractivity contribution in [2.24, 2.45) is 0 Å². The van der Waals surface area contributed by atoms with Crippen molar-refractivity contribution < 1.29 is 9.90 Å². The van der Waals surface area contributed by atoms with Crippen LogP contribution in [0.25, 0.3) is 10.2 Å². The third-order valence-electron chi connectivity index (χ3n) is 3.96. The van der Waals surface area contributed by atoms with E-state index in [0.29, 0.717) is 21.7 Å². The number of hydrogen-bond donors (Lipinski definition) is 4. The van der Waals surface area contributed by atoms with Crippen LogP contribution in [0.4, 0.5) is 10.8 Å². The Morgan fingerprint density at radius 3 is 2.63 bits per heavy atom. The molecule has 1 heterocycles. The second-order valence-corrected chi connectivity index (χ2v) is 7.70. The Morgan fingerprint density at radius 2 is 1.93 bits per heavy atom. The second-order valence-electron chi connectivity index (χ2n) is 5.92. The summed E-state index contributed by atoms with van der Waals surface area (Å²) in [5.74, 6) is -0.807. The maximum atomic E-state index is 10.6.